The molecule has 15 heavy (non-hydrogen) atoms. The van der Waals surface area contributed by atoms with Crippen molar-refractivity contribution in [2.24, 2.45) is 5.73 Å². The van der Waals surface area contributed by atoms with Crippen molar-refractivity contribution in [3.05, 3.63) is 16.8 Å². The number of rotatable bonds is 4. The Morgan fingerprint density at radius 1 is 1.67 bits per heavy atom. The van der Waals surface area contributed by atoms with Crippen molar-refractivity contribution >= 4 is 35.3 Å². The van der Waals surface area contributed by atoms with E-state index < -0.39 is 5.54 Å². The molecule has 1 aromatic heterocycles. The Balaban J connectivity index is 0.00000196. The van der Waals surface area contributed by atoms with Crippen molar-refractivity contribution in [1.82, 2.24) is 0 Å². The average Bonchev–Trinajstić information content (AvgIpc) is 2.56. The van der Waals surface area contributed by atoms with Crippen LogP contribution in [0.3, 0.4) is 0 Å². The fraction of sp³-hybridized carbons (Fsp3) is 0.500. The molecule has 0 aliphatic rings. The summed E-state index contributed by atoms with van der Waals surface area (Å²) in [5, 5.41) is 6.60. The molecule has 1 aromatic rings. The van der Waals surface area contributed by atoms with E-state index in [1.165, 1.54) is 0 Å². The molecule has 1 atom stereocenters. The first kappa shape index (κ1) is 14.4. The lowest BCUT2D eigenvalue weighted by Gasteiger charge is -2.22. The molecule has 0 aromatic carbocycles. The maximum atomic E-state index is 11.7. The number of nitrogens with one attached hydrogen (secondary N) is 1. The van der Waals surface area contributed by atoms with Crippen LogP contribution >= 0.6 is 23.7 Å². The zero-order valence-corrected chi connectivity index (χ0v) is 10.6. The summed E-state index contributed by atoms with van der Waals surface area (Å²) in [7, 11) is 0. The summed E-state index contributed by atoms with van der Waals surface area (Å²) in [6, 6.07) is 1.87. The highest BCUT2D eigenvalue weighted by atomic mass is 35.5. The predicted molar refractivity (Wildman–Crippen MR) is 67.7 cm³/mol. The van der Waals surface area contributed by atoms with Gasteiger partial charge in [-0.3, -0.25) is 4.79 Å². The number of carbonyl (C=O) groups excluding carboxylic acids is 1. The second kappa shape index (κ2) is 6.10. The van der Waals surface area contributed by atoms with Gasteiger partial charge < -0.3 is 11.1 Å². The number of hydrogen-bond acceptors (Lipinski definition) is 3. The Labute approximate surface area is 100 Å². The Morgan fingerprint density at radius 3 is 2.80 bits per heavy atom. The number of anilines is 1. The number of hydrogen-bond donors (Lipinski definition) is 2. The summed E-state index contributed by atoms with van der Waals surface area (Å²) >= 11 is 1.55. The molecule has 0 aliphatic heterocycles. The second-order valence-corrected chi connectivity index (χ2v) is 4.41. The lowest BCUT2D eigenvalue weighted by molar-refractivity contribution is -0.120. The zero-order chi connectivity index (χ0) is 10.6. The number of halogens is 1. The van der Waals surface area contributed by atoms with Crippen molar-refractivity contribution in [3.63, 3.8) is 0 Å². The summed E-state index contributed by atoms with van der Waals surface area (Å²) in [6.07, 6.45) is 1.60. The monoisotopic (exact) mass is 248 g/mol. The van der Waals surface area contributed by atoms with Crippen molar-refractivity contribution < 1.29 is 4.79 Å². The molecule has 1 heterocycles. The third-order valence-electron chi connectivity index (χ3n) is 2.07. The number of carbonyl (C=O) groups is 1. The molecule has 0 fully saturated rings. The highest BCUT2D eigenvalue weighted by molar-refractivity contribution is 7.08. The van der Waals surface area contributed by atoms with Crippen molar-refractivity contribution in [2.75, 3.05) is 5.32 Å². The average molecular weight is 249 g/mol. The van der Waals surface area contributed by atoms with Gasteiger partial charge in [-0.25, -0.2) is 0 Å². The van der Waals surface area contributed by atoms with Gasteiger partial charge in [0.05, 0.1) is 11.2 Å². The van der Waals surface area contributed by atoms with Gasteiger partial charge in [-0.15, -0.1) is 12.4 Å². The second-order valence-electron chi connectivity index (χ2n) is 3.63. The largest absolute Gasteiger partial charge is 0.324 e. The lowest BCUT2D eigenvalue weighted by Crippen LogP contribution is -2.48. The molecule has 3 N–H and O–H groups in total. The Kier molecular flexibility index (Phi) is 5.87. The molecular weight excluding hydrogens is 232 g/mol. The minimum Gasteiger partial charge on any atom is -0.324 e. The molecule has 5 heteroatoms. The Morgan fingerprint density at radius 2 is 2.33 bits per heavy atom. The molecule has 86 valence electrons. The summed E-state index contributed by atoms with van der Waals surface area (Å²) in [5.41, 5.74) is 5.94. The standard InChI is InChI=1S/C10H16N2OS.ClH/c1-3-5-10(2,11)9(13)12-8-4-6-14-7-8;/h4,6-7H,3,5,11H2,1-2H3,(H,12,13);1H. The van der Waals surface area contributed by atoms with E-state index in [9.17, 15) is 4.79 Å². The molecular formula is C10H17ClN2OS. The number of amides is 1. The molecule has 0 aliphatic carbocycles. The molecule has 1 amide bonds. The smallest absolute Gasteiger partial charge is 0.244 e. The zero-order valence-electron chi connectivity index (χ0n) is 8.95. The summed E-state index contributed by atoms with van der Waals surface area (Å²) < 4.78 is 0. The molecule has 0 saturated heterocycles. The fourth-order valence-corrected chi connectivity index (χ4v) is 1.83. The predicted octanol–water partition coefficient (Wildman–Crippen LogP) is 2.63. The molecule has 0 radical (unpaired) electrons. The minimum atomic E-state index is -0.767. The molecule has 0 bridgehead atoms. The summed E-state index contributed by atoms with van der Waals surface area (Å²) in [5.74, 6) is -0.113. The first-order valence-corrected chi connectivity index (χ1v) is 5.63. The van der Waals surface area contributed by atoms with E-state index in [0.29, 0.717) is 6.42 Å². The van der Waals surface area contributed by atoms with Crippen LogP contribution in [-0.4, -0.2) is 11.4 Å². The van der Waals surface area contributed by atoms with Gasteiger partial charge in [0.1, 0.15) is 0 Å². The molecule has 0 spiro atoms. The van der Waals surface area contributed by atoms with Gasteiger partial charge in [-0.1, -0.05) is 13.3 Å². The van der Waals surface area contributed by atoms with E-state index in [4.69, 9.17) is 5.73 Å². The maximum absolute atomic E-state index is 11.7. The van der Waals surface area contributed by atoms with Crippen molar-refractivity contribution in [2.45, 2.75) is 32.2 Å². The van der Waals surface area contributed by atoms with Crippen LogP contribution in [0, 0.1) is 0 Å². The Hall–Kier alpha value is -0.580. The fourth-order valence-electron chi connectivity index (χ4n) is 1.24. The maximum Gasteiger partial charge on any atom is 0.244 e. The van der Waals surface area contributed by atoms with E-state index in [1.807, 2.05) is 23.8 Å². The normalized spacial score (nSPS) is 13.8. The third kappa shape index (κ3) is 4.20. The van der Waals surface area contributed by atoms with E-state index in [-0.39, 0.29) is 18.3 Å². The van der Waals surface area contributed by atoms with Crippen LogP contribution in [0.1, 0.15) is 26.7 Å². The Bertz CT molecular complexity index is 298. The van der Waals surface area contributed by atoms with Gasteiger partial charge in [0, 0.05) is 5.38 Å². The van der Waals surface area contributed by atoms with Crippen LogP contribution in [-0.2, 0) is 4.79 Å². The van der Waals surface area contributed by atoms with Crippen LogP contribution in [0.25, 0.3) is 0 Å². The van der Waals surface area contributed by atoms with E-state index in [0.717, 1.165) is 12.1 Å². The third-order valence-corrected chi connectivity index (χ3v) is 2.75. The first-order chi connectivity index (χ1) is 6.56. The van der Waals surface area contributed by atoms with Gasteiger partial charge in [0.25, 0.3) is 0 Å². The summed E-state index contributed by atoms with van der Waals surface area (Å²) in [6.45, 7) is 3.78. The van der Waals surface area contributed by atoms with Gasteiger partial charge in [-0.2, -0.15) is 11.3 Å². The summed E-state index contributed by atoms with van der Waals surface area (Å²) in [4.78, 5) is 11.7. The van der Waals surface area contributed by atoms with Crippen LogP contribution < -0.4 is 11.1 Å². The molecule has 0 saturated carbocycles. The topological polar surface area (TPSA) is 55.1 Å². The quantitative estimate of drug-likeness (QED) is 0.861. The van der Waals surface area contributed by atoms with Crippen LogP contribution in [0.5, 0.6) is 0 Å². The van der Waals surface area contributed by atoms with Gasteiger partial charge in [0.2, 0.25) is 5.91 Å². The van der Waals surface area contributed by atoms with Crippen molar-refractivity contribution in [1.29, 1.82) is 0 Å². The van der Waals surface area contributed by atoms with E-state index in [2.05, 4.69) is 5.32 Å². The van der Waals surface area contributed by atoms with Crippen LogP contribution in [0.2, 0.25) is 0 Å². The number of nitrogens with two attached hydrogens (primary N) is 1. The van der Waals surface area contributed by atoms with Crippen LogP contribution in [0.15, 0.2) is 16.8 Å². The SMILES string of the molecule is CCCC(C)(N)C(=O)Nc1ccsc1.Cl. The van der Waals surface area contributed by atoms with Gasteiger partial charge in [0.15, 0.2) is 0 Å². The highest BCUT2D eigenvalue weighted by Crippen LogP contribution is 2.16. The molecule has 1 rings (SSSR count). The highest BCUT2D eigenvalue weighted by Gasteiger charge is 2.26. The van der Waals surface area contributed by atoms with Gasteiger partial charge in [-0.05, 0) is 24.8 Å². The minimum absolute atomic E-state index is 0. The van der Waals surface area contributed by atoms with Crippen molar-refractivity contribution in [3.8, 4) is 0 Å². The first-order valence-electron chi connectivity index (χ1n) is 4.69. The number of thiophene rings is 1. The lowest BCUT2D eigenvalue weighted by atomic mass is 9.96. The molecule has 1 unspecified atom stereocenters. The van der Waals surface area contributed by atoms with Crippen LogP contribution in [0.4, 0.5) is 5.69 Å². The van der Waals surface area contributed by atoms with E-state index >= 15 is 0 Å². The van der Waals surface area contributed by atoms with E-state index in [1.54, 1.807) is 18.3 Å². The molecule has 3 nitrogen and oxygen atoms in total. The van der Waals surface area contributed by atoms with Gasteiger partial charge >= 0.3 is 0 Å².